The fraction of sp³-hybridized carbons (Fsp3) is 0.692. The molecule has 1 saturated carbocycles. The van der Waals surface area contributed by atoms with Gasteiger partial charge in [-0.3, -0.25) is 4.79 Å². The highest BCUT2D eigenvalue weighted by atomic mass is 16.5. The summed E-state index contributed by atoms with van der Waals surface area (Å²) in [5, 5.41) is 3.25. The minimum absolute atomic E-state index is 0.0366. The molecule has 0 radical (unpaired) electrons. The molecule has 182 valence electrons. The number of piperidine rings is 1. The summed E-state index contributed by atoms with van der Waals surface area (Å²) in [7, 11) is 1.65. The lowest BCUT2D eigenvalue weighted by atomic mass is 10.0. The van der Waals surface area contributed by atoms with Gasteiger partial charge in [0.15, 0.2) is 0 Å². The van der Waals surface area contributed by atoms with E-state index in [-0.39, 0.29) is 18.0 Å². The molecule has 3 aliphatic rings. The Hall–Kier alpha value is -2.28. The van der Waals surface area contributed by atoms with Crippen molar-refractivity contribution in [3.05, 3.63) is 29.8 Å². The normalized spacial score (nSPS) is 20.8. The quantitative estimate of drug-likeness (QED) is 0.685. The Morgan fingerprint density at radius 1 is 0.909 bits per heavy atom. The van der Waals surface area contributed by atoms with E-state index in [0.29, 0.717) is 32.6 Å². The summed E-state index contributed by atoms with van der Waals surface area (Å²) < 4.78 is 5.18. The minimum atomic E-state index is 0.0366. The molecule has 1 aliphatic carbocycles. The van der Waals surface area contributed by atoms with Crippen LogP contribution in [0.25, 0.3) is 0 Å². The van der Waals surface area contributed by atoms with Crippen molar-refractivity contribution in [3.8, 4) is 5.75 Å². The zero-order chi connectivity index (χ0) is 23.0. The Kier molecular flexibility index (Phi) is 8.48. The van der Waals surface area contributed by atoms with Crippen molar-refractivity contribution < 1.29 is 14.3 Å². The van der Waals surface area contributed by atoms with E-state index >= 15 is 0 Å². The summed E-state index contributed by atoms with van der Waals surface area (Å²) in [5.41, 5.74) is 1.14. The molecule has 2 aliphatic heterocycles. The van der Waals surface area contributed by atoms with Crippen LogP contribution in [0.5, 0.6) is 5.75 Å². The predicted octanol–water partition coefficient (Wildman–Crippen LogP) is 3.14. The van der Waals surface area contributed by atoms with Crippen LogP contribution in [0.1, 0.15) is 50.5 Å². The number of nitrogens with one attached hydrogen (secondary N) is 1. The smallest absolute Gasteiger partial charge is 0.317 e. The first-order valence-electron chi connectivity index (χ1n) is 12.8. The van der Waals surface area contributed by atoms with Gasteiger partial charge in [-0.05, 0) is 55.7 Å². The summed E-state index contributed by atoms with van der Waals surface area (Å²) in [4.78, 5) is 31.7. The molecule has 0 bridgehead atoms. The Balaban J connectivity index is 1.12. The summed E-state index contributed by atoms with van der Waals surface area (Å²) in [5.74, 6) is 1.89. The van der Waals surface area contributed by atoms with E-state index < -0.39 is 0 Å². The standard InChI is InChI=1S/C26H40N4O3/c1-33-24-9-6-21(7-10-24)8-11-25(31)29-16-18-30(19-17-29)26(32)27-23-12-14-28(15-13-23)20-22-4-2-3-5-22/h6-7,9-10,22-23H,2-5,8,11-20H2,1H3,(H,27,32). The first kappa shape index (κ1) is 23.9. The molecular weight excluding hydrogens is 416 g/mol. The van der Waals surface area contributed by atoms with Crippen LogP contribution in [-0.2, 0) is 11.2 Å². The van der Waals surface area contributed by atoms with Crippen molar-refractivity contribution in [1.29, 1.82) is 0 Å². The Morgan fingerprint density at radius 2 is 1.55 bits per heavy atom. The maximum Gasteiger partial charge on any atom is 0.317 e. The summed E-state index contributed by atoms with van der Waals surface area (Å²) in [6.45, 7) is 5.90. The first-order valence-corrected chi connectivity index (χ1v) is 12.8. The molecule has 1 aromatic carbocycles. The summed E-state index contributed by atoms with van der Waals surface area (Å²) in [6.07, 6.45) is 8.90. The molecule has 1 aromatic rings. The monoisotopic (exact) mass is 456 g/mol. The minimum Gasteiger partial charge on any atom is -0.497 e. The largest absolute Gasteiger partial charge is 0.497 e. The van der Waals surface area contributed by atoms with E-state index in [2.05, 4.69) is 10.2 Å². The van der Waals surface area contributed by atoms with Crippen LogP contribution in [0.2, 0.25) is 0 Å². The number of rotatable bonds is 7. The number of nitrogens with zero attached hydrogens (tertiary/aromatic N) is 3. The second-order valence-corrected chi connectivity index (χ2v) is 9.89. The van der Waals surface area contributed by atoms with Gasteiger partial charge in [0.25, 0.3) is 0 Å². The number of likely N-dealkylation sites (tertiary alicyclic amines) is 1. The molecule has 3 amide bonds. The average Bonchev–Trinajstić information content (AvgIpc) is 3.37. The first-order chi connectivity index (χ1) is 16.1. The molecule has 4 rings (SSSR count). The van der Waals surface area contributed by atoms with Crippen molar-refractivity contribution in [2.24, 2.45) is 5.92 Å². The van der Waals surface area contributed by atoms with E-state index in [9.17, 15) is 9.59 Å². The van der Waals surface area contributed by atoms with Crippen molar-refractivity contribution in [1.82, 2.24) is 20.0 Å². The third-order valence-corrected chi connectivity index (χ3v) is 7.61. The predicted molar refractivity (Wildman–Crippen MR) is 129 cm³/mol. The summed E-state index contributed by atoms with van der Waals surface area (Å²) in [6, 6.07) is 8.19. The number of carbonyl (C=O) groups is 2. The van der Waals surface area contributed by atoms with Crippen LogP contribution in [0.15, 0.2) is 24.3 Å². The molecule has 2 heterocycles. The molecular formula is C26H40N4O3. The Morgan fingerprint density at radius 3 is 2.18 bits per heavy atom. The molecule has 0 spiro atoms. The van der Waals surface area contributed by atoms with Gasteiger partial charge in [0.05, 0.1) is 7.11 Å². The SMILES string of the molecule is COc1ccc(CCC(=O)N2CCN(C(=O)NC3CCN(CC4CCCC4)CC3)CC2)cc1. The van der Waals surface area contributed by atoms with Gasteiger partial charge < -0.3 is 24.8 Å². The number of hydrogen-bond donors (Lipinski definition) is 1. The molecule has 33 heavy (non-hydrogen) atoms. The third-order valence-electron chi connectivity index (χ3n) is 7.61. The molecule has 0 aromatic heterocycles. The van der Waals surface area contributed by atoms with E-state index in [1.807, 2.05) is 34.1 Å². The van der Waals surface area contributed by atoms with Gasteiger partial charge >= 0.3 is 6.03 Å². The zero-order valence-electron chi connectivity index (χ0n) is 20.1. The van der Waals surface area contributed by atoms with Gasteiger partial charge in [-0.2, -0.15) is 0 Å². The topological polar surface area (TPSA) is 65.1 Å². The van der Waals surface area contributed by atoms with Crippen LogP contribution < -0.4 is 10.1 Å². The number of aryl methyl sites for hydroxylation is 1. The fourth-order valence-electron chi connectivity index (χ4n) is 5.44. The fourth-order valence-corrected chi connectivity index (χ4v) is 5.44. The highest BCUT2D eigenvalue weighted by Gasteiger charge is 2.28. The lowest BCUT2D eigenvalue weighted by molar-refractivity contribution is -0.132. The summed E-state index contributed by atoms with van der Waals surface area (Å²) >= 11 is 0. The number of carbonyl (C=O) groups excluding carboxylic acids is 2. The lowest BCUT2D eigenvalue weighted by Gasteiger charge is -2.37. The number of amides is 3. The third kappa shape index (κ3) is 6.85. The number of urea groups is 1. The number of methoxy groups -OCH3 is 1. The zero-order valence-corrected chi connectivity index (χ0v) is 20.1. The Bertz CT molecular complexity index is 762. The maximum atomic E-state index is 12.8. The number of hydrogen-bond acceptors (Lipinski definition) is 4. The van der Waals surface area contributed by atoms with Gasteiger partial charge in [-0.25, -0.2) is 4.79 Å². The second kappa shape index (κ2) is 11.7. The van der Waals surface area contributed by atoms with Crippen LogP contribution in [0.4, 0.5) is 4.79 Å². The molecule has 7 heteroatoms. The van der Waals surface area contributed by atoms with Crippen molar-refractivity contribution >= 4 is 11.9 Å². The number of piperazine rings is 1. The van der Waals surface area contributed by atoms with Gasteiger partial charge in [-0.1, -0.05) is 25.0 Å². The number of benzene rings is 1. The van der Waals surface area contributed by atoms with Crippen LogP contribution >= 0.6 is 0 Å². The molecule has 7 nitrogen and oxygen atoms in total. The average molecular weight is 457 g/mol. The van der Waals surface area contributed by atoms with Crippen molar-refractivity contribution in [3.63, 3.8) is 0 Å². The van der Waals surface area contributed by atoms with Crippen molar-refractivity contribution in [2.45, 2.75) is 57.4 Å². The molecule has 0 unspecified atom stereocenters. The number of ether oxygens (including phenoxy) is 1. The van der Waals surface area contributed by atoms with Crippen molar-refractivity contribution in [2.75, 3.05) is 52.9 Å². The Labute approximate surface area is 198 Å². The maximum absolute atomic E-state index is 12.8. The molecule has 3 fully saturated rings. The second-order valence-electron chi connectivity index (χ2n) is 9.89. The van der Waals surface area contributed by atoms with Crippen LogP contribution in [-0.4, -0.2) is 85.6 Å². The lowest BCUT2D eigenvalue weighted by Crippen LogP contribution is -2.55. The van der Waals surface area contributed by atoms with Crippen LogP contribution in [0, 0.1) is 5.92 Å². The van der Waals surface area contributed by atoms with E-state index in [1.54, 1.807) is 7.11 Å². The van der Waals surface area contributed by atoms with Gasteiger partial charge in [0.2, 0.25) is 5.91 Å². The molecule has 0 atom stereocenters. The van der Waals surface area contributed by atoms with Gasteiger partial charge in [0.1, 0.15) is 5.75 Å². The highest BCUT2D eigenvalue weighted by molar-refractivity contribution is 5.78. The molecule has 1 N–H and O–H groups in total. The van der Waals surface area contributed by atoms with E-state index in [4.69, 9.17) is 4.74 Å². The van der Waals surface area contributed by atoms with Gasteiger partial charge in [-0.15, -0.1) is 0 Å². The molecule has 2 saturated heterocycles. The highest BCUT2D eigenvalue weighted by Crippen LogP contribution is 2.26. The van der Waals surface area contributed by atoms with E-state index in [1.165, 1.54) is 32.2 Å². The van der Waals surface area contributed by atoms with E-state index in [0.717, 1.165) is 49.6 Å². The van der Waals surface area contributed by atoms with Crippen LogP contribution in [0.3, 0.4) is 0 Å². The van der Waals surface area contributed by atoms with Gasteiger partial charge in [0, 0.05) is 58.3 Å².